The predicted octanol–water partition coefficient (Wildman–Crippen LogP) is 3.73. The molecule has 0 saturated carbocycles. The molecule has 25 heavy (non-hydrogen) atoms. The Morgan fingerprint density at radius 3 is 2.08 bits per heavy atom. The molecule has 0 aliphatic heterocycles. The molecule has 0 aliphatic rings. The van der Waals surface area contributed by atoms with Crippen LogP contribution in [-0.2, 0) is 29.8 Å². The van der Waals surface area contributed by atoms with Crippen molar-refractivity contribution in [3.8, 4) is 0 Å². The number of aryl methyl sites for hydroxylation is 1. The highest BCUT2D eigenvalue weighted by Crippen LogP contribution is 2.21. The van der Waals surface area contributed by atoms with E-state index in [0.717, 1.165) is 5.56 Å². The van der Waals surface area contributed by atoms with Crippen molar-refractivity contribution in [3.05, 3.63) is 40.8 Å². The first-order chi connectivity index (χ1) is 11.7. The molecule has 1 aromatic carbocycles. The average molecular weight is 368 g/mol. The Bertz CT molecular complexity index is 608. The van der Waals surface area contributed by atoms with E-state index in [1.165, 1.54) is 6.08 Å². The second-order valence-electron chi connectivity index (χ2n) is 6.39. The highest BCUT2D eigenvalue weighted by Gasteiger charge is 2.26. The van der Waals surface area contributed by atoms with E-state index in [0.29, 0.717) is 18.1 Å². The highest BCUT2D eigenvalue weighted by molar-refractivity contribution is 7.90. The third kappa shape index (κ3) is 7.50. The molecule has 140 valence electrons. The van der Waals surface area contributed by atoms with Crippen molar-refractivity contribution in [3.63, 3.8) is 0 Å². The smallest absolute Gasteiger partial charge is 0.347 e. The van der Waals surface area contributed by atoms with Gasteiger partial charge in [0, 0.05) is 18.1 Å². The summed E-state index contributed by atoms with van der Waals surface area (Å²) in [5.74, 6) is -0.643. The van der Waals surface area contributed by atoms with E-state index in [4.69, 9.17) is 14.2 Å². The van der Waals surface area contributed by atoms with Crippen molar-refractivity contribution in [1.82, 2.24) is 0 Å². The van der Waals surface area contributed by atoms with Crippen LogP contribution in [0.25, 0.3) is 0 Å². The minimum Gasteiger partial charge on any atom is -0.456 e. The first-order valence-electron chi connectivity index (χ1n) is 8.34. The Kier molecular flexibility index (Phi) is 8.48. The zero-order valence-electron chi connectivity index (χ0n) is 15.8. The fourth-order valence-electron chi connectivity index (χ4n) is 1.92. The molecular weight excluding hydrogens is 340 g/mol. The lowest BCUT2D eigenvalue weighted by Crippen LogP contribution is -2.27. The molecule has 0 bridgehead atoms. The van der Waals surface area contributed by atoms with Crippen LogP contribution in [-0.4, -0.2) is 35.3 Å². The normalized spacial score (nSPS) is 13.8. The molecule has 0 spiro atoms. The Labute approximate surface area is 152 Å². The van der Waals surface area contributed by atoms with Crippen LogP contribution in [0.2, 0.25) is 0 Å². The van der Waals surface area contributed by atoms with Crippen LogP contribution in [0.1, 0.15) is 40.2 Å². The molecule has 0 aromatic heterocycles. The van der Waals surface area contributed by atoms with Gasteiger partial charge in [-0.25, -0.2) is 9.00 Å². The lowest BCUT2D eigenvalue weighted by Gasteiger charge is -2.21. The quantitative estimate of drug-likeness (QED) is 0.397. The Balaban J connectivity index is 3.23. The largest absolute Gasteiger partial charge is 0.456 e. The molecule has 0 aliphatic carbocycles. The highest BCUT2D eigenvalue weighted by atomic mass is 32.2. The molecule has 6 heteroatoms. The van der Waals surface area contributed by atoms with E-state index < -0.39 is 28.7 Å². The van der Waals surface area contributed by atoms with Gasteiger partial charge in [0.15, 0.2) is 6.29 Å². The van der Waals surface area contributed by atoms with Crippen LogP contribution in [0.3, 0.4) is 0 Å². The van der Waals surface area contributed by atoms with Gasteiger partial charge in [-0.15, -0.1) is 0 Å². The molecule has 0 heterocycles. The average Bonchev–Trinajstić information content (AvgIpc) is 2.51. The summed E-state index contributed by atoms with van der Waals surface area (Å²) in [6, 6.07) is 7.17. The van der Waals surface area contributed by atoms with Gasteiger partial charge in [-0.05, 0) is 59.8 Å². The molecular formula is C19H28O5S. The van der Waals surface area contributed by atoms with Crippen LogP contribution in [0.5, 0.6) is 0 Å². The Morgan fingerprint density at radius 1 is 1.12 bits per heavy atom. The molecule has 1 aromatic rings. The van der Waals surface area contributed by atoms with Gasteiger partial charge in [0.1, 0.15) is 10.5 Å². The maximum absolute atomic E-state index is 13.0. The van der Waals surface area contributed by atoms with Crippen molar-refractivity contribution < 1.29 is 23.2 Å². The van der Waals surface area contributed by atoms with Gasteiger partial charge in [0.05, 0.1) is 10.8 Å². The van der Waals surface area contributed by atoms with Crippen molar-refractivity contribution in [2.45, 2.75) is 58.3 Å². The second kappa shape index (κ2) is 9.85. The van der Waals surface area contributed by atoms with E-state index in [1.807, 2.05) is 32.9 Å². The van der Waals surface area contributed by atoms with Crippen molar-refractivity contribution in [1.29, 1.82) is 0 Å². The standard InChI is InChI=1S/C19H28O5S/c1-7-22-17(23-8-2)13-16(18(20)24-19(4,5)6)25(21)15-11-9-14(3)10-12-15/h9-13,17H,7-8H2,1-6H3/b16-13+. The number of esters is 1. The van der Waals surface area contributed by atoms with E-state index in [-0.39, 0.29) is 4.91 Å². The van der Waals surface area contributed by atoms with Crippen molar-refractivity contribution in [2.24, 2.45) is 0 Å². The van der Waals surface area contributed by atoms with Crippen LogP contribution >= 0.6 is 0 Å². The van der Waals surface area contributed by atoms with E-state index >= 15 is 0 Å². The number of hydrogen-bond donors (Lipinski definition) is 0. The summed E-state index contributed by atoms with van der Waals surface area (Å²) in [4.78, 5) is 13.1. The fourth-order valence-corrected chi connectivity index (χ4v) is 2.98. The van der Waals surface area contributed by atoms with Gasteiger partial charge in [-0.2, -0.15) is 0 Å². The fraction of sp³-hybridized carbons (Fsp3) is 0.526. The van der Waals surface area contributed by atoms with Gasteiger partial charge in [-0.3, -0.25) is 0 Å². The minimum absolute atomic E-state index is 0.0191. The summed E-state index contributed by atoms with van der Waals surface area (Å²) in [7, 11) is -1.70. The SMILES string of the molecule is CCOC(/C=C(\C(=O)OC(C)(C)C)S(=O)c1ccc(C)cc1)OCC. The number of rotatable bonds is 8. The lowest BCUT2D eigenvalue weighted by atomic mass is 10.2. The van der Waals surface area contributed by atoms with Crippen molar-refractivity contribution >= 4 is 16.8 Å². The van der Waals surface area contributed by atoms with Crippen LogP contribution in [0.15, 0.2) is 40.1 Å². The summed E-state index contributed by atoms with van der Waals surface area (Å²) in [5, 5.41) is 0. The second-order valence-corrected chi connectivity index (χ2v) is 7.84. The first-order valence-corrected chi connectivity index (χ1v) is 9.49. The Hall–Kier alpha value is -1.50. The summed E-state index contributed by atoms with van der Waals surface area (Å²) in [6.07, 6.45) is 0.684. The maximum Gasteiger partial charge on any atom is 0.347 e. The van der Waals surface area contributed by atoms with E-state index in [2.05, 4.69) is 0 Å². The third-order valence-electron chi connectivity index (χ3n) is 2.98. The van der Waals surface area contributed by atoms with Crippen molar-refractivity contribution in [2.75, 3.05) is 13.2 Å². The first kappa shape index (κ1) is 21.5. The monoisotopic (exact) mass is 368 g/mol. The van der Waals surface area contributed by atoms with Gasteiger partial charge in [-0.1, -0.05) is 17.7 Å². The molecule has 0 saturated heterocycles. The van der Waals surface area contributed by atoms with Crippen LogP contribution < -0.4 is 0 Å². The molecule has 1 unspecified atom stereocenters. The number of carbonyl (C=O) groups excluding carboxylic acids is 1. The maximum atomic E-state index is 13.0. The lowest BCUT2D eigenvalue weighted by molar-refractivity contribution is -0.149. The molecule has 0 amide bonds. The number of benzene rings is 1. The van der Waals surface area contributed by atoms with Gasteiger partial charge in [0.2, 0.25) is 0 Å². The topological polar surface area (TPSA) is 61.8 Å². The molecule has 0 N–H and O–H groups in total. The van der Waals surface area contributed by atoms with E-state index in [1.54, 1.807) is 32.9 Å². The van der Waals surface area contributed by atoms with Crippen LogP contribution in [0, 0.1) is 6.92 Å². The summed E-state index contributed by atoms with van der Waals surface area (Å²) < 4.78 is 29.3. The van der Waals surface area contributed by atoms with E-state index in [9.17, 15) is 9.00 Å². The zero-order valence-corrected chi connectivity index (χ0v) is 16.6. The molecule has 5 nitrogen and oxygen atoms in total. The summed E-state index contributed by atoms with van der Waals surface area (Å²) in [6.45, 7) is 11.7. The zero-order chi connectivity index (χ0) is 19.0. The predicted molar refractivity (Wildman–Crippen MR) is 98.6 cm³/mol. The Morgan fingerprint density at radius 2 is 1.64 bits per heavy atom. The third-order valence-corrected chi connectivity index (χ3v) is 4.39. The summed E-state index contributed by atoms with van der Waals surface area (Å²) >= 11 is 0. The molecule has 0 fully saturated rings. The number of ether oxygens (including phenoxy) is 3. The summed E-state index contributed by atoms with van der Waals surface area (Å²) in [5.41, 5.74) is 0.352. The van der Waals surface area contributed by atoms with Gasteiger partial charge >= 0.3 is 5.97 Å². The molecule has 1 atom stereocenters. The molecule has 1 rings (SSSR count). The van der Waals surface area contributed by atoms with Gasteiger partial charge < -0.3 is 14.2 Å². The number of carbonyl (C=O) groups is 1. The van der Waals surface area contributed by atoms with Crippen LogP contribution in [0.4, 0.5) is 0 Å². The molecule has 0 radical (unpaired) electrons. The number of hydrogen-bond acceptors (Lipinski definition) is 5. The minimum atomic E-state index is -1.70. The van der Waals surface area contributed by atoms with Gasteiger partial charge in [0.25, 0.3) is 0 Å².